The first kappa shape index (κ1) is 14.4. The molecular weight excluding hydrogens is 306 g/mol. The Morgan fingerprint density at radius 3 is 2.67 bits per heavy atom. The molecule has 0 fully saturated rings. The van der Waals surface area contributed by atoms with Crippen molar-refractivity contribution in [2.75, 3.05) is 13.7 Å². The van der Waals surface area contributed by atoms with Gasteiger partial charge >= 0.3 is 11.7 Å². The summed E-state index contributed by atoms with van der Waals surface area (Å²) in [5.74, 6) is -0.295. The molecule has 0 aliphatic rings. The van der Waals surface area contributed by atoms with Gasteiger partial charge in [-0.05, 0) is 34.5 Å². The number of benzene rings is 1. The number of nitrogens with zero attached hydrogens (tertiary/aromatic N) is 1. The molecule has 0 spiro atoms. The predicted molar refractivity (Wildman–Crippen MR) is 67.7 cm³/mol. The van der Waals surface area contributed by atoms with Crippen molar-refractivity contribution < 1.29 is 19.2 Å². The molecule has 0 amide bonds. The molecule has 1 rings (SSSR count). The van der Waals surface area contributed by atoms with Crippen LogP contribution in [-0.2, 0) is 16.0 Å². The zero-order valence-corrected chi connectivity index (χ0v) is 11.5. The van der Waals surface area contributed by atoms with Crippen molar-refractivity contribution in [3.63, 3.8) is 0 Å². The van der Waals surface area contributed by atoms with Crippen LogP contribution in [0, 0.1) is 10.1 Å². The van der Waals surface area contributed by atoms with Gasteiger partial charge in [0.2, 0.25) is 5.75 Å². The maximum absolute atomic E-state index is 11.3. The van der Waals surface area contributed by atoms with E-state index >= 15 is 0 Å². The molecular formula is C11H12BrNO5. The third-order valence-corrected chi connectivity index (χ3v) is 2.73. The summed E-state index contributed by atoms with van der Waals surface area (Å²) >= 11 is 3.17. The second-order valence-corrected chi connectivity index (χ2v) is 4.22. The van der Waals surface area contributed by atoms with E-state index in [4.69, 9.17) is 9.47 Å². The monoisotopic (exact) mass is 317 g/mol. The van der Waals surface area contributed by atoms with Gasteiger partial charge in [-0.2, -0.15) is 0 Å². The minimum Gasteiger partial charge on any atom is -0.489 e. The van der Waals surface area contributed by atoms with E-state index in [-0.39, 0.29) is 24.5 Å². The van der Waals surface area contributed by atoms with E-state index in [1.807, 2.05) is 0 Å². The Morgan fingerprint density at radius 1 is 1.50 bits per heavy atom. The van der Waals surface area contributed by atoms with Gasteiger partial charge in [0.1, 0.15) is 0 Å². The molecule has 1 aromatic rings. The van der Waals surface area contributed by atoms with Crippen LogP contribution >= 0.6 is 15.9 Å². The summed E-state index contributed by atoms with van der Waals surface area (Å²) < 4.78 is 10.2. The highest BCUT2D eigenvalue weighted by Crippen LogP contribution is 2.36. The van der Waals surface area contributed by atoms with Gasteiger partial charge in [0, 0.05) is 6.07 Å². The van der Waals surface area contributed by atoms with E-state index in [1.165, 1.54) is 13.2 Å². The molecule has 7 heteroatoms. The SMILES string of the molecule is CCOC(=O)Cc1cc(Br)c(OC)c([N+](=O)[O-])c1. The molecule has 18 heavy (non-hydrogen) atoms. The molecule has 0 bridgehead atoms. The summed E-state index contributed by atoms with van der Waals surface area (Å²) in [6, 6.07) is 2.91. The predicted octanol–water partition coefficient (Wildman–Crippen LogP) is 2.47. The van der Waals surface area contributed by atoms with Gasteiger partial charge < -0.3 is 9.47 Å². The topological polar surface area (TPSA) is 78.7 Å². The van der Waals surface area contributed by atoms with E-state index < -0.39 is 10.9 Å². The maximum atomic E-state index is 11.3. The molecule has 0 saturated carbocycles. The maximum Gasteiger partial charge on any atom is 0.312 e. The fourth-order valence-corrected chi connectivity index (χ4v) is 2.11. The number of ether oxygens (including phenoxy) is 2. The lowest BCUT2D eigenvalue weighted by atomic mass is 10.1. The van der Waals surface area contributed by atoms with Crippen LogP contribution in [0.3, 0.4) is 0 Å². The first-order valence-electron chi connectivity index (χ1n) is 5.16. The van der Waals surface area contributed by atoms with Gasteiger partial charge in [-0.3, -0.25) is 14.9 Å². The Morgan fingerprint density at radius 2 is 2.17 bits per heavy atom. The number of esters is 1. The number of nitro groups is 1. The van der Waals surface area contributed by atoms with Crippen LogP contribution in [0.2, 0.25) is 0 Å². The quantitative estimate of drug-likeness (QED) is 0.473. The number of methoxy groups -OCH3 is 1. The highest BCUT2D eigenvalue weighted by Gasteiger charge is 2.20. The molecule has 0 unspecified atom stereocenters. The number of halogens is 1. The summed E-state index contributed by atoms with van der Waals surface area (Å²) in [6.45, 7) is 1.97. The molecule has 1 aromatic carbocycles. The number of nitro benzene ring substituents is 1. The fraction of sp³-hybridized carbons (Fsp3) is 0.364. The summed E-state index contributed by atoms with van der Waals surface area (Å²) in [4.78, 5) is 21.6. The van der Waals surface area contributed by atoms with Crippen LogP contribution < -0.4 is 4.74 Å². The lowest BCUT2D eigenvalue weighted by Crippen LogP contribution is -2.08. The highest BCUT2D eigenvalue weighted by atomic mass is 79.9. The van der Waals surface area contributed by atoms with Crippen molar-refractivity contribution in [2.24, 2.45) is 0 Å². The minimum atomic E-state index is -0.557. The van der Waals surface area contributed by atoms with Crippen molar-refractivity contribution in [1.82, 2.24) is 0 Å². The smallest absolute Gasteiger partial charge is 0.312 e. The Bertz CT molecular complexity index is 475. The fourth-order valence-electron chi connectivity index (χ4n) is 1.45. The Balaban J connectivity index is 3.09. The van der Waals surface area contributed by atoms with Gasteiger partial charge in [0.25, 0.3) is 0 Å². The summed E-state index contributed by atoms with van der Waals surface area (Å²) in [5.41, 5.74) is 0.305. The summed E-state index contributed by atoms with van der Waals surface area (Å²) in [6.07, 6.45) is -0.0166. The molecule has 0 aliphatic heterocycles. The molecule has 0 N–H and O–H groups in total. The van der Waals surface area contributed by atoms with E-state index in [9.17, 15) is 14.9 Å². The Kier molecular flexibility index (Phi) is 5.08. The molecule has 0 radical (unpaired) electrons. The van der Waals surface area contributed by atoms with Crippen molar-refractivity contribution >= 4 is 27.6 Å². The Hall–Kier alpha value is -1.63. The third-order valence-electron chi connectivity index (χ3n) is 2.14. The number of hydrogen-bond acceptors (Lipinski definition) is 5. The van der Waals surface area contributed by atoms with Crippen LogP contribution in [0.4, 0.5) is 5.69 Å². The van der Waals surface area contributed by atoms with E-state index in [0.29, 0.717) is 10.0 Å². The third kappa shape index (κ3) is 3.43. The standard InChI is InChI=1S/C11H12BrNO5/c1-3-18-10(14)6-7-4-8(12)11(17-2)9(5-7)13(15)16/h4-5H,3,6H2,1-2H3. The van der Waals surface area contributed by atoms with Crippen LogP contribution in [0.25, 0.3) is 0 Å². The van der Waals surface area contributed by atoms with Crippen molar-refractivity contribution in [3.8, 4) is 5.75 Å². The first-order valence-corrected chi connectivity index (χ1v) is 5.95. The lowest BCUT2D eigenvalue weighted by molar-refractivity contribution is -0.385. The molecule has 0 atom stereocenters. The summed E-state index contributed by atoms with van der Waals surface area (Å²) in [5, 5.41) is 10.9. The first-order chi connectivity index (χ1) is 8.49. The zero-order valence-electron chi connectivity index (χ0n) is 9.94. The molecule has 6 nitrogen and oxygen atoms in total. The highest BCUT2D eigenvalue weighted by molar-refractivity contribution is 9.10. The average Bonchev–Trinajstić information content (AvgIpc) is 2.28. The normalized spacial score (nSPS) is 9.94. The number of rotatable bonds is 5. The number of carbonyl (C=O) groups excluding carboxylic acids is 1. The van der Waals surface area contributed by atoms with E-state index in [2.05, 4.69) is 15.9 Å². The number of carbonyl (C=O) groups is 1. The van der Waals surface area contributed by atoms with Crippen LogP contribution in [0.1, 0.15) is 12.5 Å². The van der Waals surface area contributed by atoms with Gasteiger partial charge in [0.15, 0.2) is 0 Å². The van der Waals surface area contributed by atoms with Crippen molar-refractivity contribution in [1.29, 1.82) is 0 Å². The van der Waals surface area contributed by atoms with Gasteiger partial charge in [-0.1, -0.05) is 0 Å². The van der Waals surface area contributed by atoms with Gasteiger partial charge in [-0.15, -0.1) is 0 Å². The van der Waals surface area contributed by atoms with Crippen LogP contribution in [-0.4, -0.2) is 24.6 Å². The van der Waals surface area contributed by atoms with Crippen LogP contribution in [0.5, 0.6) is 5.75 Å². The lowest BCUT2D eigenvalue weighted by Gasteiger charge is -2.07. The average molecular weight is 318 g/mol. The Labute approximate surface area is 112 Å². The minimum absolute atomic E-state index is 0.0166. The molecule has 98 valence electrons. The van der Waals surface area contributed by atoms with Crippen molar-refractivity contribution in [2.45, 2.75) is 13.3 Å². The zero-order chi connectivity index (χ0) is 13.7. The molecule has 0 aromatic heterocycles. The van der Waals surface area contributed by atoms with E-state index in [1.54, 1.807) is 13.0 Å². The van der Waals surface area contributed by atoms with Crippen LogP contribution in [0.15, 0.2) is 16.6 Å². The largest absolute Gasteiger partial charge is 0.489 e. The second kappa shape index (κ2) is 6.34. The molecule has 0 aliphatic carbocycles. The second-order valence-electron chi connectivity index (χ2n) is 3.37. The molecule has 0 heterocycles. The van der Waals surface area contributed by atoms with Gasteiger partial charge in [-0.25, -0.2) is 0 Å². The van der Waals surface area contributed by atoms with E-state index in [0.717, 1.165) is 0 Å². The van der Waals surface area contributed by atoms with Gasteiger partial charge in [0.05, 0.1) is 29.5 Å². The molecule has 0 saturated heterocycles. The van der Waals surface area contributed by atoms with Crippen molar-refractivity contribution in [3.05, 3.63) is 32.3 Å². The number of hydrogen-bond donors (Lipinski definition) is 0. The summed E-state index contributed by atoms with van der Waals surface area (Å²) in [7, 11) is 1.35.